The molecular weight excluding hydrogens is 226 g/mol. The molecule has 0 atom stereocenters. The van der Waals surface area contributed by atoms with Crippen LogP contribution in [0.1, 0.15) is 24.8 Å². The van der Waals surface area contributed by atoms with Crippen LogP contribution in [0.15, 0.2) is 12.1 Å². The predicted octanol–water partition coefficient (Wildman–Crippen LogP) is 2.45. The number of benzene rings is 1. The van der Waals surface area contributed by atoms with Crippen molar-refractivity contribution in [1.82, 2.24) is 0 Å². The summed E-state index contributed by atoms with van der Waals surface area (Å²) in [6.45, 7) is 1.31. The normalized spacial score (nSPS) is 21.4. The quantitative estimate of drug-likeness (QED) is 0.819. The Morgan fingerprint density at radius 1 is 1.12 bits per heavy atom. The van der Waals surface area contributed by atoms with E-state index in [0.29, 0.717) is 24.0 Å². The maximum absolute atomic E-state index is 6.21. The number of hydrogen-bond donors (Lipinski definition) is 1. The van der Waals surface area contributed by atoms with Crippen molar-refractivity contribution < 1.29 is 9.47 Å². The lowest BCUT2D eigenvalue weighted by molar-refractivity contribution is 0.295. The fourth-order valence-corrected chi connectivity index (χ4v) is 2.22. The van der Waals surface area contributed by atoms with E-state index in [4.69, 9.17) is 26.8 Å². The van der Waals surface area contributed by atoms with Crippen molar-refractivity contribution >= 4 is 11.6 Å². The van der Waals surface area contributed by atoms with Gasteiger partial charge in [-0.1, -0.05) is 17.7 Å². The largest absolute Gasteiger partial charge is 0.489 e. The van der Waals surface area contributed by atoms with Crippen LogP contribution in [0.3, 0.4) is 0 Å². The Balaban J connectivity index is 2.13. The van der Waals surface area contributed by atoms with Gasteiger partial charge in [-0.3, -0.25) is 0 Å². The van der Waals surface area contributed by atoms with Crippen LogP contribution in [-0.2, 0) is 5.54 Å². The Labute approximate surface area is 99.5 Å². The van der Waals surface area contributed by atoms with Crippen LogP contribution < -0.4 is 15.2 Å². The van der Waals surface area contributed by atoms with Gasteiger partial charge in [0, 0.05) is 17.5 Å². The Morgan fingerprint density at radius 3 is 2.50 bits per heavy atom. The van der Waals surface area contributed by atoms with Gasteiger partial charge in [0.15, 0.2) is 11.5 Å². The summed E-state index contributed by atoms with van der Waals surface area (Å²) in [6.07, 6.45) is 2.89. The lowest BCUT2D eigenvalue weighted by atomic mass is 10.0. The zero-order chi connectivity index (χ0) is 11.2. The molecule has 1 heterocycles. The van der Waals surface area contributed by atoms with Gasteiger partial charge in [-0.25, -0.2) is 0 Å². The summed E-state index contributed by atoms with van der Waals surface area (Å²) in [4.78, 5) is 0. The lowest BCUT2D eigenvalue weighted by Crippen LogP contribution is -2.20. The monoisotopic (exact) mass is 239 g/mol. The average Bonchev–Trinajstić information content (AvgIpc) is 3.03. The van der Waals surface area contributed by atoms with Crippen molar-refractivity contribution in [3.8, 4) is 11.5 Å². The van der Waals surface area contributed by atoms with Crippen molar-refractivity contribution in [1.29, 1.82) is 0 Å². The van der Waals surface area contributed by atoms with Crippen molar-refractivity contribution in [3.05, 3.63) is 22.7 Å². The van der Waals surface area contributed by atoms with E-state index in [1.54, 1.807) is 0 Å². The van der Waals surface area contributed by atoms with Gasteiger partial charge >= 0.3 is 0 Å². The van der Waals surface area contributed by atoms with Gasteiger partial charge in [0.2, 0.25) is 0 Å². The number of hydrogen-bond acceptors (Lipinski definition) is 3. The van der Waals surface area contributed by atoms with Gasteiger partial charge in [0.05, 0.1) is 18.2 Å². The minimum Gasteiger partial charge on any atom is -0.489 e. The molecule has 0 spiro atoms. The molecule has 1 saturated carbocycles. The highest BCUT2D eigenvalue weighted by Crippen LogP contribution is 2.51. The maximum atomic E-state index is 6.21. The molecule has 1 aliphatic heterocycles. The highest BCUT2D eigenvalue weighted by atomic mass is 35.5. The Bertz CT molecular complexity index is 429. The van der Waals surface area contributed by atoms with E-state index in [2.05, 4.69) is 0 Å². The maximum Gasteiger partial charge on any atom is 0.180 e. The third-order valence-corrected chi connectivity index (χ3v) is 3.47. The minimum atomic E-state index is -0.220. The van der Waals surface area contributed by atoms with Crippen LogP contribution in [0, 0.1) is 0 Å². The van der Waals surface area contributed by atoms with E-state index < -0.39 is 0 Å². The molecule has 16 heavy (non-hydrogen) atoms. The highest BCUT2D eigenvalue weighted by molar-refractivity contribution is 6.32. The molecule has 1 aromatic carbocycles. The minimum absolute atomic E-state index is 0.220. The average molecular weight is 240 g/mol. The predicted molar refractivity (Wildman–Crippen MR) is 62.2 cm³/mol. The molecule has 1 fully saturated rings. The van der Waals surface area contributed by atoms with E-state index in [9.17, 15) is 0 Å². The Morgan fingerprint density at radius 2 is 1.81 bits per heavy atom. The second-order valence-electron chi connectivity index (χ2n) is 4.46. The van der Waals surface area contributed by atoms with Crippen LogP contribution in [-0.4, -0.2) is 13.2 Å². The summed E-state index contributed by atoms with van der Waals surface area (Å²) in [5, 5.41) is 0.602. The van der Waals surface area contributed by atoms with Gasteiger partial charge in [-0.2, -0.15) is 0 Å². The van der Waals surface area contributed by atoms with Gasteiger partial charge in [-0.05, 0) is 18.9 Å². The number of ether oxygens (including phenoxy) is 2. The Hall–Kier alpha value is -0.930. The fourth-order valence-electron chi connectivity index (χ4n) is 2.02. The number of fused-ring (bicyclic) bond motifs is 1. The molecule has 0 bridgehead atoms. The van der Waals surface area contributed by atoms with E-state index in [1.165, 1.54) is 0 Å². The molecule has 1 aliphatic carbocycles. The summed E-state index contributed by atoms with van der Waals surface area (Å²) >= 11 is 6.11. The van der Waals surface area contributed by atoms with E-state index in [-0.39, 0.29) is 5.54 Å². The molecule has 0 saturated heterocycles. The first kappa shape index (κ1) is 10.2. The second-order valence-corrected chi connectivity index (χ2v) is 4.87. The van der Waals surface area contributed by atoms with Crippen molar-refractivity contribution in [3.63, 3.8) is 0 Å². The van der Waals surface area contributed by atoms with E-state index >= 15 is 0 Å². The van der Waals surface area contributed by atoms with Gasteiger partial charge in [0.1, 0.15) is 0 Å². The zero-order valence-corrected chi connectivity index (χ0v) is 9.72. The van der Waals surface area contributed by atoms with Crippen molar-refractivity contribution in [2.45, 2.75) is 24.8 Å². The third-order valence-electron chi connectivity index (χ3n) is 3.17. The number of rotatable bonds is 1. The molecular formula is C12H14ClNO2. The van der Waals surface area contributed by atoms with Gasteiger partial charge in [-0.15, -0.1) is 0 Å². The molecule has 0 amide bonds. The van der Waals surface area contributed by atoms with E-state index in [0.717, 1.165) is 30.6 Å². The standard InChI is InChI=1S/C12H14ClNO2/c13-9-3-2-8(12(14)4-5-12)10-11(9)16-7-1-6-15-10/h2-3H,1,4-7,14H2. The van der Waals surface area contributed by atoms with Gasteiger partial charge in [0.25, 0.3) is 0 Å². The lowest BCUT2D eigenvalue weighted by Gasteiger charge is -2.17. The molecule has 4 heteroatoms. The zero-order valence-electron chi connectivity index (χ0n) is 8.96. The fraction of sp³-hybridized carbons (Fsp3) is 0.500. The SMILES string of the molecule is NC1(c2ccc(Cl)c3c2OCCCO3)CC1. The van der Waals surface area contributed by atoms with Crippen LogP contribution in [0.5, 0.6) is 11.5 Å². The first-order chi connectivity index (χ1) is 7.71. The van der Waals surface area contributed by atoms with Crippen LogP contribution in [0.2, 0.25) is 5.02 Å². The molecule has 0 radical (unpaired) electrons. The smallest absolute Gasteiger partial charge is 0.180 e. The van der Waals surface area contributed by atoms with Crippen molar-refractivity contribution in [2.24, 2.45) is 5.73 Å². The summed E-state index contributed by atoms with van der Waals surface area (Å²) in [7, 11) is 0. The van der Waals surface area contributed by atoms with Crippen LogP contribution in [0.25, 0.3) is 0 Å². The molecule has 3 rings (SSSR count). The molecule has 2 aliphatic rings. The highest BCUT2D eigenvalue weighted by Gasteiger charge is 2.43. The van der Waals surface area contributed by atoms with E-state index in [1.807, 2.05) is 12.1 Å². The summed E-state index contributed by atoms with van der Waals surface area (Å²) in [6, 6.07) is 3.81. The molecule has 86 valence electrons. The van der Waals surface area contributed by atoms with Crippen LogP contribution in [0.4, 0.5) is 0 Å². The Kier molecular flexibility index (Phi) is 2.26. The molecule has 0 unspecified atom stereocenters. The molecule has 1 aromatic rings. The molecule has 0 aromatic heterocycles. The third kappa shape index (κ3) is 1.55. The molecule has 3 nitrogen and oxygen atoms in total. The summed E-state index contributed by atoms with van der Waals surface area (Å²) in [5.41, 5.74) is 7.03. The van der Waals surface area contributed by atoms with Gasteiger partial charge < -0.3 is 15.2 Å². The number of halogens is 1. The summed E-state index contributed by atoms with van der Waals surface area (Å²) < 4.78 is 11.4. The molecule has 2 N–H and O–H groups in total. The van der Waals surface area contributed by atoms with Crippen molar-refractivity contribution in [2.75, 3.05) is 13.2 Å². The first-order valence-electron chi connectivity index (χ1n) is 5.58. The van der Waals surface area contributed by atoms with Crippen LogP contribution >= 0.6 is 11.6 Å². The topological polar surface area (TPSA) is 44.5 Å². The second kappa shape index (κ2) is 3.54. The number of nitrogens with two attached hydrogens (primary N) is 1. The summed E-state index contributed by atoms with van der Waals surface area (Å²) in [5.74, 6) is 1.42. The first-order valence-corrected chi connectivity index (χ1v) is 5.96.